The number of hydrogen-bond acceptors (Lipinski definition) is 15. The lowest BCUT2D eigenvalue weighted by molar-refractivity contribution is -0.278. The number of hydrogen-bond donors (Lipinski definition) is 5. The number of carbonyl (C=O) groups excluding carboxylic acids is 4. The van der Waals surface area contributed by atoms with Gasteiger partial charge in [0.05, 0.1) is 25.9 Å². The van der Waals surface area contributed by atoms with Crippen LogP contribution in [0.2, 0.25) is 0 Å². The first-order valence-corrected chi connectivity index (χ1v) is 13.6. The Morgan fingerprint density at radius 1 is 0.978 bits per heavy atom. The number of methoxy groups -OCH3 is 4. The highest BCUT2D eigenvalue weighted by Gasteiger charge is 2.73. The lowest BCUT2D eigenvalue weighted by Crippen LogP contribution is -2.76. The smallest absolute Gasteiger partial charge is 0.341 e. The number of phenols is 1. The maximum Gasteiger partial charge on any atom is 0.341 e. The van der Waals surface area contributed by atoms with E-state index in [1.54, 1.807) is 6.92 Å². The van der Waals surface area contributed by atoms with Crippen LogP contribution in [0.15, 0.2) is 24.0 Å². The van der Waals surface area contributed by atoms with Gasteiger partial charge < -0.3 is 54.0 Å². The second-order valence-corrected chi connectivity index (χ2v) is 11.0. The highest BCUT2D eigenvalue weighted by molar-refractivity contribution is 6.35. The summed E-state index contributed by atoms with van der Waals surface area (Å²) in [6.45, 7) is 2.95. The van der Waals surface area contributed by atoms with Crippen molar-refractivity contribution in [1.29, 1.82) is 0 Å². The Hall–Kier alpha value is -3.96. The number of ketones is 3. The Morgan fingerprint density at radius 3 is 2.20 bits per heavy atom. The molecule has 2 aromatic carbocycles. The maximum atomic E-state index is 13.8. The molecular formula is C30H32O15. The average molecular weight is 633 g/mol. The van der Waals surface area contributed by atoms with Crippen LogP contribution in [0.25, 0.3) is 10.8 Å². The van der Waals surface area contributed by atoms with Gasteiger partial charge in [-0.2, -0.15) is 0 Å². The fourth-order valence-electron chi connectivity index (χ4n) is 6.34. The van der Waals surface area contributed by atoms with E-state index in [2.05, 4.69) is 0 Å². The first-order valence-electron chi connectivity index (χ1n) is 13.6. The summed E-state index contributed by atoms with van der Waals surface area (Å²) < 4.78 is 32.6. The summed E-state index contributed by atoms with van der Waals surface area (Å²) >= 11 is 0. The second-order valence-electron chi connectivity index (χ2n) is 11.0. The molecule has 1 aliphatic heterocycles. The van der Waals surface area contributed by atoms with Crippen molar-refractivity contribution in [1.82, 2.24) is 0 Å². The fourth-order valence-corrected chi connectivity index (χ4v) is 6.34. The molecule has 0 aromatic heterocycles. The van der Waals surface area contributed by atoms with Gasteiger partial charge in [0.2, 0.25) is 34.8 Å². The minimum Gasteiger partial charge on any atom is -0.507 e. The number of aryl methyl sites for hydroxylation is 1. The predicted octanol–water partition coefficient (Wildman–Crippen LogP) is -0.530. The van der Waals surface area contributed by atoms with Gasteiger partial charge in [-0.1, -0.05) is 0 Å². The van der Waals surface area contributed by atoms with E-state index in [1.807, 2.05) is 0 Å². The van der Waals surface area contributed by atoms with Gasteiger partial charge in [-0.25, -0.2) is 4.79 Å². The van der Waals surface area contributed by atoms with Gasteiger partial charge >= 0.3 is 5.97 Å². The summed E-state index contributed by atoms with van der Waals surface area (Å²) in [5.74, 6) is -7.07. The van der Waals surface area contributed by atoms with Crippen LogP contribution in [0.5, 0.6) is 11.5 Å². The van der Waals surface area contributed by atoms with E-state index < -0.39 is 94.0 Å². The van der Waals surface area contributed by atoms with Crippen LogP contribution in [0.4, 0.5) is 0 Å². The number of Topliss-reactive ketones (excluding diaryl/α,β-unsaturated/α-hetero) is 2. The van der Waals surface area contributed by atoms with Crippen molar-refractivity contribution in [3.63, 3.8) is 0 Å². The zero-order chi connectivity index (χ0) is 33.3. The SMILES string of the molecule is COC(=O)c1c(O[C@@H]2O[C@@H](C)[C@H](O)[C@@H](OC)[C@H]2OC)cc2cc3c(c(O)c2c1C)C(=O)[C@]1(O)C(=O)C=C(OC)[C@@H](O)[C@]1(O)C3=O. The minimum atomic E-state index is -3.52. The average Bonchev–Trinajstić information content (AvgIpc) is 3.01. The van der Waals surface area contributed by atoms with E-state index in [9.17, 15) is 44.7 Å². The highest BCUT2D eigenvalue weighted by atomic mass is 16.7. The summed E-state index contributed by atoms with van der Waals surface area (Å²) in [5, 5.41) is 55.4. The monoisotopic (exact) mass is 632 g/mol. The zero-order valence-corrected chi connectivity index (χ0v) is 25.0. The van der Waals surface area contributed by atoms with E-state index >= 15 is 0 Å². The Balaban J connectivity index is 1.75. The number of aromatic hydroxyl groups is 1. The number of rotatable bonds is 6. The standard InChI is InChI=1S/C30H32O15/c1-10-17-12(8-14(18(10)27(37)43-6)45-28-23(42-5)22(41-4)20(32)11(2)44-28)7-13-19(21(17)33)26(36)29(38)16(31)9-15(40-3)25(35)30(29,39)24(13)34/h7-9,11,20,22-23,25,28,32-33,35,38-39H,1-6H3/t11-,20-,22+,23+,25+,28-,29+,30+/m0/s1. The predicted molar refractivity (Wildman–Crippen MR) is 149 cm³/mol. The number of ether oxygens (including phenoxy) is 6. The lowest BCUT2D eigenvalue weighted by atomic mass is 9.60. The van der Waals surface area contributed by atoms with Crippen LogP contribution < -0.4 is 4.74 Å². The van der Waals surface area contributed by atoms with Crippen LogP contribution in [0.3, 0.4) is 0 Å². The van der Waals surface area contributed by atoms with Crippen LogP contribution >= 0.6 is 0 Å². The van der Waals surface area contributed by atoms with Gasteiger partial charge in [-0.05, 0) is 36.9 Å². The van der Waals surface area contributed by atoms with Crippen molar-refractivity contribution < 1.29 is 73.1 Å². The molecule has 0 bridgehead atoms. The molecule has 1 saturated heterocycles. The molecule has 0 radical (unpaired) electrons. The number of aliphatic hydroxyl groups is 4. The largest absolute Gasteiger partial charge is 0.507 e. The summed E-state index contributed by atoms with van der Waals surface area (Å²) in [6.07, 6.45) is -6.82. The first kappa shape index (κ1) is 32.4. The number of benzene rings is 2. The molecule has 0 amide bonds. The number of esters is 1. The minimum absolute atomic E-state index is 0.000412. The molecule has 0 spiro atoms. The number of phenolic OH excluding ortho intramolecular Hbond substituents is 1. The summed E-state index contributed by atoms with van der Waals surface area (Å²) in [5.41, 5.74) is -8.62. The molecule has 2 aliphatic carbocycles. The van der Waals surface area contributed by atoms with Crippen LogP contribution in [-0.4, -0.2) is 125 Å². The van der Waals surface area contributed by atoms with Gasteiger partial charge in [-0.3, -0.25) is 14.4 Å². The molecular weight excluding hydrogens is 600 g/mol. The van der Waals surface area contributed by atoms with Crippen LogP contribution in [0.1, 0.15) is 43.6 Å². The zero-order valence-electron chi connectivity index (χ0n) is 25.0. The van der Waals surface area contributed by atoms with Crippen molar-refractivity contribution >= 4 is 34.1 Å². The third kappa shape index (κ3) is 4.23. The summed E-state index contributed by atoms with van der Waals surface area (Å²) in [7, 11) is 4.83. The molecule has 8 atom stereocenters. The third-order valence-corrected chi connectivity index (χ3v) is 8.78. The normalized spacial score (nSPS) is 32.9. The number of carbonyl (C=O) groups is 4. The number of aliphatic hydroxyl groups excluding tert-OH is 2. The Kier molecular flexibility index (Phi) is 8.02. The van der Waals surface area contributed by atoms with Crippen molar-refractivity contribution in [2.24, 2.45) is 0 Å². The molecule has 15 nitrogen and oxygen atoms in total. The third-order valence-electron chi connectivity index (χ3n) is 8.78. The maximum absolute atomic E-state index is 13.8. The van der Waals surface area contributed by atoms with Gasteiger partial charge in [-0.15, -0.1) is 0 Å². The van der Waals surface area contributed by atoms with Gasteiger partial charge in [0.15, 0.2) is 6.10 Å². The van der Waals surface area contributed by atoms with Crippen molar-refractivity contribution in [2.75, 3.05) is 28.4 Å². The molecule has 242 valence electrons. The molecule has 1 heterocycles. The number of fused-ring (bicyclic) bond motifs is 3. The first-order chi connectivity index (χ1) is 21.1. The molecule has 5 N–H and O–H groups in total. The van der Waals surface area contributed by atoms with Crippen LogP contribution in [-0.2, 0) is 28.5 Å². The molecule has 3 aliphatic rings. The van der Waals surface area contributed by atoms with E-state index in [1.165, 1.54) is 27.2 Å². The summed E-state index contributed by atoms with van der Waals surface area (Å²) in [4.78, 5) is 53.6. The van der Waals surface area contributed by atoms with E-state index in [-0.39, 0.29) is 27.6 Å². The lowest BCUT2D eigenvalue weighted by Gasteiger charge is -2.47. The molecule has 0 saturated carbocycles. The van der Waals surface area contributed by atoms with E-state index in [0.717, 1.165) is 20.3 Å². The van der Waals surface area contributed by atoms with E-state index in [4.69, 9.17) is 28.4 Å². The Bertz CT molecular complexity index is 1660. The topological polar surface area (TPSA) is 225 Å². The molecule has 5 rings (SSSR count). The van der Waals surface area contributed by atoms with Crippen molar-refractivity contribution in [3.8, 4) is 11.5 Å². The molecule has 2 aromatic rings. The highest BCUT2D eigenvalue weighted by Crippen LogP contribution is 2.49. The van der Waals surface area contributed by atoms with Gasteiger partial charge in [0.1, 0.15) is 41.1 Å². The van der Waals surface area contributed by atoms with E-state index in [0.29, 0.717) is 6.08 Å². The van der Waals surface area contributed by atoms with Crippen molar-refractivity contribution in [2.45, 2.75) is 61.9 Å². The summed E-state index contributed by atoms with van der Waals surface area (Å²) in [6, 6.07) is 2.30. The molecule has 45 heavy (non-hydrogen) atoms. The van der Waals surface area contributed by atoms with Gasteiger partial charge in [0.25, 0.3) is 0 Å². The Morgan fingerprint density at radius 2 is 1.62 bits per heavy atom. The van der Waals surface area contributed by atoms with Crippen molar-refractivity contribution in [3.05, 3.63) is 46.2 Å². The Labute approximate surface area is 255 Å². The quantitative estimate of drug-likeness (QED) is 0.199. The van der Waals surface area contributed by atoms with Crippen LogP contribution in [0, 0.1) is 6.92 Å². The molecule has 15 heteroatoms. The molecule has 1 fully saturated rings. The fraction of sp³-hybridized carbons (Fsp3) is 0.467. The van der Waals surface area contributed by atoms with Gasteiger partial charge in [0, 0.05) is 31.2 Å². The second kappa shape index (κ2) is 11.1. The molecule has 0 unspecified atom stereocenters.